The molecule has 20 heavy (non-hydrogen) atoms. The molecule has 0 atom stereocenters. The van der Waals surface area contributed by atoms with E-state index in [1.807, 2.05) is 0 Å². The van der Waals surface area contributed by atoms with Crippen molar-refractivity contribution >= 4 is 12.0 Å². The Morgan fingerprint density at radius 3 is 2.30 bits per heavy atom. The molecule has 0 unspecified atom stereocenters. The highest BCUT2D eigenvalue weighted by atomic mass is 16.4. The maximum Gasteiger partial charge on any atom is 0.323 e. The third-order valence-corrected chi connectivity index (χ3v) is 4.46. The molecular weight excluding hydrogens is 256 g/mol. The van der Waals surface area contributed by atoms with Crippen molar-refractivity contribution < 1.29 is 14.7 Å². The van der Waals surface area contributed by atoms with Crippen LogP contribution < -0.4 is 5.32 Å². The number of aliphatic carboxylic acids is 1. The monoisotopic (exact) mass is 282 g/mol. The van der Waals surface area contributed by atoms with Gasteiger partial charge in [-0.3, -0.25) is 4.79 Å². The second kappa shape index (κ2) is 6.02. The van der Waals surface area contributed by atoms with Crippen LogP contribution in [-0.2, 0) is 4.79 Å². The summed E-state index contributed by atoms with van der Waals surface area (Å²) in [4.78, 5) is 24.6. The van der Waals surface area contributed by atoms with Crippen molar-refractivity contribution in [3.63, 3.8) is 0 Å². The molecule has 2 rings (SSSR count). The van der Waals surface area contributed by atoms with Crippen LogP contribution in [0.3, 0.4) is 0 Å². The Labute approximate surface area is 120 Å². The van der Waals surface area contributed by atoms with Crippen LogP contribution in [-0.4, -0.2) is 41.1 Å². The summed E-state index contributed by atoms with van der Waals surface area (Å²) in [6.45, 7) is 4.90. The van der Waals surface area contributed by atoms with Crippen molar-refractivity contribution in [1.82, 2.24) is 10.2 Å². The number of rotatable bonds is 5. The van der Waals surface area contributed by atoms with E-state index in [4.69, 9.17) is 5.11 Å². The van der Waals surface area contributed by atoms with Gasteiger partial charge in [0.1, 0.15) is 6.54 Å². The summed E-state index contributed by atoms with van der Waals surface area (Å²) in [7, 11) is 0. The van der Waals surface area contributed by atoms with Crippen molar-refractivity contribution in [1.29, 1.82) is 0 Å². The van der Waals surface area contributed by atoms with Gasteiger partial charge in [0.15, 0.2) is 0 Å². The van der Waals surface area contributed by atoms with Gasteiger partial charge in [0.25, 0.3) is 0 Å². The SMILES string of the molecule is CC1(C)CCC(NC(=O)N(CC(=O)O)CC2CC2)CC1. The van der Waals surface area contributed by atoms with Gasteiger partial charge >= 0.3 is 12.0 Å². The molecule has 2 amide bonds. The first-order chi connectivity index (χ1) is 9.35. The number of urea groups is 1. The molecule has 5 nitrogen and oxygen atoms in total. The van der Waals surface area contributed by atoms with Gasteiger partial charge in [-0.25, -0.2) is 4.79 Å². The van der Waals surface area contributed by atoms with E-state index in [1.165, 1.54) is 4.90 Å². The van der Waals surface area contributed by atoms with Gasteiger partial charge in [-0.2, -0.15) is 0 Å². The highest BCUT2D eigenvalue weighted by Crippen LogP contribution is 2.35. The van der Waals surface area contributed by atoms with Crippen LogP contribution in [0.15, 0.2) is 0 Å². The number of nitrogens with one attached hydrogen (secondary N) is 1. The molecule has 0 aliphatic heterocycles. The van der Waals surface area contributed by atoms with Crippen LogP contribution in [0.25, 0.3) is 0 Å². The quantitative estimate of drug-likeness (QED) is 0.813. The van der Waals surface area contributed by atoms with E-state index in [0.29, 0.717) is 17.9 Å². The smallest absolute Gasteiger partial charge is 0.323 e. The van der Waals surface area contributed by atoms with E-state index in [-0.39, 0.29) is 18.6 Å². The largest absolute Gasteiger partial charge is 0.480 e. The zero-order valence-electron chi connectivity index (χ0n) is 12.5. The molecule has 2 fully saturated rings. The minimum absolute atomic E-state index is 0.194. The third-order valence-electron chi connectivity index (χ3n) is 4.46. The lowest BCUT2D eigenvalue weighted by Gasteiger charge is -2.35. The molecule has 2 saturated carbocycles. The Kier molecular flexibility index (Phi) is 4.55. The zero-order valence-corrected chi connectivity index (χ0v) is 12.5. The van der Waals surface area contributed by atoms with Crippen LogP contribution in [0.2, 0.25) is 0 Å². The minimum Gasteiger partial charge on any atom is -0.480 e. The Bertz CT molecular complexity index is 367. The summed E-state index contributed by atoms with van der Waals surface area (Å²) in [5.74, 6) is -0.434. The van der Waals surface area contributed by atoms with Crippen molar-refractivity contribution in [3.05, 3.63) is 0 Å². The second-order valence-corrected chi connectivity index (χ2v) is 7.11. The zero-order chi connectivity index (χ0) is 14.8. The number of hydrogen-bond acceptors (Lipinski definition) is 2. The first kappa shape index (κ1) is 15.1. The number of hydrogen-bond donors (Lipinski definition) is 2. The van der Waals surface area contributed by atoms with Gasteiger partial charge in [0.05, 0.1) is 0 Å². The normalized spacial score (nSPS) is 22.3. The van der Waals surface area contributed by atoms with E-state index < -0.39 is 5.97 Å². The summed E-state index contributed by atoms with van der Waals surface area (Å²) in [6.07, 6.45) is 6.42. The van der Waals surface area contributed by atoms with Crippen LogP contribution in [0.4, 0.5) is 4.79 Å². The first-order valence-electron chi connectivity index (χ1n) is 7.63. The Balaban J connectivity index is 1.82. The molecule has 0 saturated heterocycles. The van der Waals surface area contributed by atoms with E-state index in [1.54, 1.807) is 0 Å². The summed E-state index contributed by atoms with van der Waals surface area (Å²) in [5, 5.41) is 11.9. The Hall–Kier alpha value is -1.26. The number of amides is 2. The summed E-state index contributed by atoms with van der Waals surface area (Å²) in [6, 6.07) is -0.00460. The molecule has 0 bridgehead atoms. The number of carboxylic acid groups (broad SMARTS) is 1. The summed E-state index contributed by atoms with van der Waals surface area (Å²) >= 11 is 0. The fraction of sp³-hybridized carbons (Fsp3) is 0.867. The molecule has 0 aromatic carbocycles. The van der Waals surface area contributed by atoms with E-state index in [2.05, 4.69) is 19.2 Å². The topological polar surface area (TPSA) is 69.6 Å². The molecule has 0 heterocycles. The number of carboxylic acids is 1. The number of carbonyl (C=O) groups excluding carboxylic acids is 1. The number of nitrogens with zero attached hydrogens (tertiary/aromatic N) is 1. The van der Waals surface area contributed by atoms with Gasteiger partial charge in [0, 0.05) is 12.6 Å². The summed E-state index contributed by atoms with van der Waals surface area (Å²) in [5.41, 5.74) is 0.371. The maximum absolute atomic E-state index is 12.2. The molecule has 2 aliphatic carbocycles. The van der Waals surface area contributed by atoms with Crippen LogP contribution in [0.1, 0.15) is 52.4 Å². The van der Waals surface area contributed by atoms with E-state index in [0.717, 1.165) is 38.5 Å². The van der Waals surface area contributed by atoms with Gasteiger partial charge in [-0.05, 0) is 49.9 Å². The number of carbonyl (C=O) groups is 2. The van der Waals surface area contributed by atoms with Gasteiger partial charge in [-0.1, -0.05) is 13.8 Å². The fourth-order valence-electron chi connectivity index (χ4n) is 2.80. The highest BCUT2D eigenvalue weighted by Gasteiger charge is 2.31. The predicted molar refractivity (Wildman–Crippen MR) is 76.5 cm³/mol. The van der Waals surface area contributed by atoms with E-state index in [9.17, 15) is 9.59 Å². The van der Waals surface area contributed by atoms with Gasteiger partial charge in [0.2, 0.25) is 0 Å². The first-order valence-corrected chi connectivity index (χ1v) is 7.63. The van der Waals surface area contributed by atoms with Gasteiger partial charge < -0.3 is 15.3 Å². The summed E-state index contributed by atoms with van der Waals surface area (Å²) < 4.78 is 0. The molecule has 0 aromatic rings. The fourth-order valence-corrected chi connectivity index (χ4v) is 2.80. The standard InChI is InChI=1S/C15H26N2O3/c1-15(2)7-5-12(6-8-15)16-14(20)17(10-13(18)19)9-11-3-4-11/h11-12H,3-10H2,1-2H3,(H,16,20)(H,18,19). The molecule has 5 heteroatoms. The Morgan fingerprint density at radius 2 is 1.80 bits per heavy atom. The van der Waals surface area contributed by atoms with Crippen molar-refractivity contribution in [3.8, 4) is 0 Å². The lowest BCUT2D eigenvalue weighted by Crippen LogP contribution is -2.48. The van der Waals surface area contributed by atoms with Crippen molar-refractivity contribution in [2.45, 2.75) is 58.4 Å². The molecule has 0 radical (unpaired) electrons. The van der Waals surface area contributed by atoms with Gasteiger partial charge in [-0.15, -0.1) is 0 Å². The lowest BCUT2D eigenvalue weighted by atomic mass is 9.75. The van der Waals surface area contributed by atoms with Crippen LogP contribution in [0, 0.1) is 11.3 Å². The lowest BCUT2D eigenvalue weighted by molar-refractivity contribution is -0.137. The highest BCUT2D eigenvalue weighted by molar-refractivity contribution is 5.80. The van der Waals surface area contributed by atoms with Crippen LogP contribution >= 0.6 is 0 Å². The molecule has 0 spiro atoms. The average molecular weight is 282 g/mol. The third kappa shape index (κ3) is 4.69. The van der Waals surface area contributed by atoms with Crippen molar-refractivity contribution in [2.75, 3.05) is 13.1 Å². The second-order valence-electron chi connectivity index (χ2n) is 7.11. The molecule has 0 aromatic heterocycles. The molecule has 2 aliphatic rings. The van der Waals surface area contributed by atoms with Crippen LogP contribution in [0.5, 0.6) is 0 Å². The average Bonchev–Trinajstić information content (AvgIpc) is 3.14. The molecular formula is C15H26N2O3. The maximum atomic E-state index is 12.2. The Morgan fingerprint density at radius 1 is 1.20 bits per heavy atom. The van der Waals surface area contributed by atoms with Crippen molar-refractivity contribution in [2.24, 2.45) is 11.3 Å². The molecule has 2 N–H and O–H groups in total. The molecule has 114 valence electrons. The van der Waals surface area contributed by atoms with E-state index >= 15 is 0 Å². The predicted octanol–water partition coefficient (Wildman–Crippen LogP) is 2.46. The minimum atomic E-state index is -0.939.